The molecule has 2 saturated carbocycles. The molecule has 1 aromatic rings. The van der Waals surface area contributed by atoms with Crippen LogP contribution < -0.4 is 10.0 Å². The van der Waals surface area contributed by atoms with Gasteiger partial charge in [-0.2, -0.15) is 0 Å². The molecule has 1 amide bonds. The van der Waals surface area contributed by atoms with Crippen LogP contribution >= 0.6 is 0 Å². The van der Waals surface area contributed by atoms with Crippen molar-refractivity contribution in [3.63, 3.8) is 0 Å². The lowest BCUT2D eigenvalue weighted by atomic mass is 10.3. The smallest absolute Gasteiger partial charge is 0.240 e. The molecule has 0 radical (unpaired) electrons. The molecule has 0 aliphatic heterocycles. The first-order valence-electron chi connectivity index (χ1n) is 6.89. The lowest BCUT2D eigenvalue weighted by molar-refractivity contribution is -0.117. The number of benzene rings is 1. The molecule has 2 unspecified atom stereocenters. The third-order valence-electron chi connectivity index (χ3n) is 3.76. The van der Waals surface area contributed by atoms with Gasteiger partial charge in [-0.3, -0.25) is 4.79 Å². The summed E-state index contributed by atoms with van der Waals surface area (Å²) in [5.41, 5.74) is 0.535. The zero-order chi connectivity index (χ0) is 14.3. The van der Waals surface area contributed by atoms with Gasteiger partial charge in [0.25, 0.3) is 0 Å². The van der Waals surface area contributed by atoms with Crippen LogP contribution in [-0.2, 0) is 14.8 Å². The summed E-state index contributed by atoms with van der Waals surface area (Å²) in [5.74, 6) is 0.473. The number of hydrogen-bond acceptors (Lipinski definition) is 3. The van der Waals surface area contributed by atoms with Gasteiger partial charge in [-0.1, -0.05) is 13.0 Å². The molecule has 20 heavy (non-hydrogen) atoms. The Bertz CT molecular complexity index is 638. The molecular weight excluding hydrogens is 276 g/mol. The van der Waals surface area contributed by atoms with Crippen LogP contribution in [0, 0.1) is 11.8 Å². The van der Waals surface area contributed by atoms with Crippen LogP contribution in [0.3, 0.4) is 0 Å². The minimum absolute atomic E-state index is 0.0257. The summed E-state index contributed by atoms with van der Waals surface area (Å²) >= 11 is 0. The minimum Gasteiger partial charge on any atom is -0.326 e. The summed E-state index contributed by atoms with van der Waals surface area (Å²) < 4.78 is 26.8. The van der Waals surface area contributed by atoms with Gasteiger partial charge in [0, 0.05) is 17.6 Å². The van der Waals surface area contributed by atoms with Gasteiger partial charge in [-0.05, 0) is 43.4 Å². The fourth-order valence-corrected chi connectivity index (χ4v) is 3.50. The van der Waals surface area contributed by atoms with Gasteiger partial charge in [0.05, 0.1) is 4.90 Å². The monoisotopic (exact) mass is 294 g/mol. The summed E-state index contributed by atoms with van der Waals surface area (Å²) in [4.78, 5) is 12.1. The van der Waals surface area contributed by atoms with E-state index in [4.69, 9.17) is 0 Å². The van der Waals surface area contributed by atoms with Crippen LogP contribution in [0.4, 0.5) is 5.69 Å². The number of hydrogen-bond donors (Lipinski definition) is 2. The first-order valence-corrected chi connectivity index (χ1v) is 8.37. The van der Waals surface area contributed by atoms with Crippen LogP contribution in [0.2, 0.25) is 0 Å². The van der Waals surface area contributed by atoms with E-state index in [0.717, 1.165) is 19.3 Å². The summed E-state index contributed by atoms with van der Waals surface area (Å²) in [6.45, 7) is 2.03. The zero-order valence-corrected chi connectivity index (χ0v) is 12.1. The van der Waals surface area contributed by atoms with E-state index >= 15 is 0 Å². The highest BCUT2D eigenvalue weighted by molar-refractivity contribution is 7.89. The van der Waals surface area contributed by atoms with Gasteiger partial charge >= 0.3 is 0 Å². The standard InChI is InChI=1S/C14H18N2O3S/c1-9-7-13(9)14(17)15-11-3-2-4-12(8-11)20(18,19)16-10-5-6-10/h2-4,8-10,13,16H,5-7H2,1H3,(H,15,17). The van der Waals surface area contributed by atoms with Gasteiger partial charge in [-0.25, -0.2) is 13.1 Å². The molecule has 0 spiro atoms. The lowest BCUT2D eigenvalue weighted by Gasteiger charge is -2.08. The molecule has 0 heterocycles. The van der Waals surface area contributed by atoms with Gasteiger partial charge in [0.2, 0.25) is 15.9 Å². The van der Waals surface area contributed by atoms with Crippen LogP contribution in [0.5, 0.6) is 0 Å². The second-order valence-corrected chi connectivity index (χ2v) is 7.45. The topological polar surface area (TPSA) is 75.3 Å². The highest BCUT2D eigenvalue weighted by Gasteiger charge is 2.39. The fraction of sp³-hybridized carbons (Fsp3) is 0.500. The van der Waals surface area contributed by atoms with E-state index in [1.54, 1.807) is 18.2 Å². The van der Waals surface area contributed by atoms with Crippen molar-refractivity contribution in [3.8, 4) is 0 Å². The molecule has 5 nitrogen and oxygen atoms in total. The number of amides is 1. The lowest BCUT2D eigenvalue weighted by Crippen LogP contribution is -2.25. The molecule has 108 valence electrons. The summed E-state index contributed by atoms with van der Waals surface area (Å²) in [5, 5.41) is 2.78. The van der Waals surface area contributed by atoms with Crippen molar-refractivity contribution >= 4 is 21.6 Å². The Morgan fingerprint density at radius 3 is 2.60 bits per heavy atom. The highest BCUT2D eigenvalue weighted by Crippen LogP contribution is 2.38. The second-order valence-electron chi connectivity index (χ2n) is 5.73. The largest absolute Gasteiger partial charge is 0.326 e. The van der Waals surface area contributed by atoms with E-state index < -0.39 is 10.0 Å². The Labute approximate surface area is 118 Å². The molecule has 3 rings (SSSR count). The Morgan fingerprint density at radius 1 is 1.30 bits per heavy atom. The van der Waals surface area contributed by atoms with E-state index in [-0.39, 0.29) is 22.8 Å². The average Bonchev–Trinajstić information content (AvgIpc) is 3.28. The van der Waals surface area contributed by atoms with E-state index in [2.05, 4.69) is 10.0 Å². The van der Waals surface area contributed by atoms with Crippen LogP contribution in [0.25, 0.3) is 0 Å². The number of carbonyl (C=O) groups excluding carboxylic acids is 1. The third kappa shape index (κ3) is 3.02. The molecule has 2 atom stereocenters. The molecular formula is C14H18N2O3S. The maximum atomic E-state index is 12.1. The van der Waals surface area contributed by atoms with Crippen LogP contribution in [-0.4, -0.2) is 20.4 Å². The van der Waals surface area contributed by atoms with Crippen molar-refractivity contribution in [2.24, 2.45) is 11.8 Å². The predicted octanol–water partition coefficient (Wildman–Crippen LogP) is 1.72. The first kappa shape index (κ1) is 13.6. The van der Waals surface area contributed by atoms with Gasteiger partial charge in [0.1, 0.15) is 0 Å². The van der Waals surface area contributed by atoms with Gasteiger partial charge < -0.3 is 5.32 Å². The zero-order valence-electron chi connectivity index (χ0n) is 11.3. The summed E-state index contributed by atoms with van der Waals surface area (Å²) in [6.07, 6.45) is 2.71. The highest BCUT2D eigenvalue weighted by atomic mass is 32.2. The Morgan fingerprint density at radius 2 is 2.00 bits per heavy atom. The Kier molecular flexibility index (Phi) is 3.30. The molecule has 6 heteroatoms. The average molecular weight is 294 g/mol. The molecule has 2 aliphatic carbocycles. The predicted molar refractivity (Wildman–Crippen MR) is 75.7 cm³/mol. The molecule has 0 aromatic heterocycles. The third-order valence-corrected chi connectivity index (χ3v) is 5.28. The van der Waals surface area contributed by atoms with E-state index in [0.29, 0.717) is 11.6 Å². The van der Waals surface area contributed by atoms with Gasteiger partial charge in [-0.15, -0.1) is 0 Å². The molecule has 1 aromatic carbocycles. The first-order chi connectivity index (χ1) is 9.45. The molecule has 0 saturated heterocycles. The number of nitrogens with one attached hydrogen (secondary N) is 2. The molecule has 2 aliphatic rings. The maximum Gasteiger partial charge on any atom is 0.240 e. The van der Waals surface area contributed by atoms with Crippen molar-refractivity contribution < 1.29 is 13.2 Å². The van der Waals surface area contributed by atoms with Crippen molar-refractivity contribution in [2.75, 3.05) is 5.32 Å². The number of rotatable bonds is 5. The Hall–Kier alpha value is -1.40. The summed E-state index contributed by atoms with van der Waals surface area (Å²) in [7, 11) is -3.47. The molecule has 2 fully saturated rings. The SMILES string of the molecule is CC1CC1C(=O)Nc1cccc(S(=O)(=O)NC2CC2)c1. The van der Waals surface area contributed by atoms with Gasteiger partial charge in [0.15, 0.2) is 0 Å². The number of anilines is 1. The maximum absolute atomic E-state index is 12.1. The van der Waals surface area contributed by atoms with Crippen molar-refractivity contribution in [3.05, 3.63) is 24.3 Å². The molecule has 2 N–H and O–H groups in total. The normalized spacial score (nSPS) is 25.2. The molecule has 0 bridgehead atoms. The van der Waals surface area contributed by atoms with Crippen molar-refractivity contribution in [1.82, 2.24) is 4.72 Å². The van der Waals surface area contributed by atoms with Crippen LogP contribution in [0.1, 0.15) is 26.2 Å². The fourth-order valence-electron chi connectivity index (χ4n) is 2.15. The van der Waals surface area contributed by atoms with E-state index in [1.165, 1.54) is 6.07 Å². The van der Waals surface area contributed by atoms with E-state index in [1.807, 2.05) is 6.92 Å². The van der Waals surface area contributed by atoms with Crippen LogP contribution in [0.15, 0.2) is 29.2 Å². The number of sulfonamides is 1. The van der Waals surface area contributed by atoms with E-state index in [9.17, 15) is 13.2 Å². The number of carbonyl (C=O) groups is 1. The Balaban J connectivity index is 1.73. The quantitative estimate of drug-likeness (QED) is 0.868. The van der Waals surface area contributed by atoms with Crippen molar-refractivity contribution in [1.29, 1.82) is 0 Å². The second kappa shape index (κ2) is 4.86. The summed E-state index contributed by atoms with van der Waals surface area (Å²) in [6, 6.07) is 6.48. The van der Waals surface area contributed by atoms with Crippen molar-refractivity contribution in [2.45, 2.75) is 37.1 Å². The minimum atomic E-state index is -3.47.